The van der Waals surface area contributed by atoms with Crippen LogP contribution in [0.4, 0.5) is 8.78 Å². The van der Waals surface area contributed by atoms with Crippen molar-refractivity contribution < 1.29 is 13.6 Å². The topological polar surface area (TPSA) is 62.8 Å². The zero-order chi connectivity index (χ0) is 19.4. The van der Waals surface area contributed by atoms with Gasteiger partial charge in [-0.15, -0.1) is 0 Å². The van der Waals surface area contributed by atoms with E-state index in [2.05, 4.69) is 9.97 Å². The molecule has 3 aromatic rings. The predicted octanol–water partition coefficient (Wildman–Crippen LogP) is 4.19. The Morgan fingerprint density at radius 1 is 1.15 bits per heavy atom. The SMILES string of the molecule is Cc1ccc(CC(=O)CCCSc2nc3c(F)c(F)ccc3c(=O)[nH]2)cc1. The van der Waals surface area contributed by atoms with Crippen molar-refractivity contribution in [2.75, 3.05) is 5.75 Å². The Balaban J connectivity index is 1.56. The lowest BCUT2D eigenvalue weighted by Crippen LogP contribution is -2.11. The first-order chi connectivity index (χ1) is 12.9. The number of carbonyl (C=O) groups excluding carboxylic acids is 1. The maximum absolute atomic E-state index is 13.8. The van der Waals surface area contributed by atoms with Crippen molar-refractivity contribution in [2.24, 2.45) is 0 Å². The van der Waals surface area contributed by atoms with Gasteiger partial charge < -0.3 is 4.98 Å². The molecule has 0 saturated carbocycles. The molecule has 0 radical (unpaired) electrons. The van der Waals surface area contributed by atoms with E-state index in [0.717, 1.165) is 17.2 Å². The molecule has 0 unspecified atom stereocenters. The van der Waals surface area contributed by atoms with Crippen LogP contribution >= 0.6 is 11.8 Å². The minimum absolute atomic E-state index is 0.00604. The fourth-order valence-electron chi connectivity index (χ4n) is 2.65. The van der Waals surface area contributed by atoms with E-state index in [0.29, 0.717) is 25.0 Å². The molecule has 7 heteroatoms. The Morgan fingerprint density at radius 2 is 1.89 bits per heavy atom. The van der Waals surface area contributed by atoms with Gasteiger partial charge in [0.1, 0.15) is 11.3 Å². The van der Waals surface area contributed by atoms with Gasteiger partial charge in [-0.25, -0.2) is 13.8 Å². The second kappa shape index (κ2) is 8.43. The Kier molecular flexibility index (Phi) is 6.01. The standard InChI is InChI=1S/C20H18F2N2O2S/c1-12-4-6-13(7-5-12)11-14(25)3-2-10-27-20-23-18-15(19(26)24-20)8-9-16(21)17(18)22/h4-9H,2-3,10-11H2,1H3,(H,23,24,26). The van der Waals surface area contributed by atoms with Crippen molar-refractivity contribution >= 4 is 28.4 Å². The van der Waals surface area contributed by atoms with E-state index >= 15 is 0 Å². The smallest absolute Gasteiger partial charge is 0.259 e. The van der Waals surface area contributed by atoms with Crippen molar-refractivity contribution in [3.8, 4) is 0 Å². The lowest BCUT2D eigenvalue weighted by atomic mass is 10.0. The van der Waals surface area contributed by atoms with Crippen LogP contribution in [0.1, 0.15) is 24.0 Å². The molecule has 2 aromatic carbocycles. The molecule has 1 N–H and O–H groups in total. The third-order valence-corrected chi connectivity index (χ3v) is 5.07. The number of thioether (sulfide) groups is 1. The Labute approximate surface area is 159 Å². The molecule has 3 rings (SSSR count). The van der Waals surface area contributed by atoms with Gasteiger partial charge in [-0.05, 0) is 31.0 Å². The van der Waals surface area contributed by atoms with Crippen LogP contribution in [0.3, 0.4) is 0 Å². The maximum Gasteiger partial charge on any atom is 0.259 e. The van der Waals surface area contributed by atoms with Crippen molar-refractivity contribution in [2.45, 2.75) is 31.3 Å². The number of halogens is 2. The lowest BCUT2D eigenvalue weighted by Gasteiger charge is -2.05. The molecule has 0 saturated heterocycles. The summed E-state index contributed by atoms with van der Waals surface area (Å²) in [5.41, 5.74) is 1.33. The molecule has 27 heavy (non-hydrogen) atoms. The van der Waals surface area contributed by atoms with Gasteiger partial charge in [0.25, 0.3) is 5.56 Å². The number of H-pyrrole nitrogens is 1. The summed E-state index contributed by atoms with van der Waals surface area (Å²) in [5, 5.41) is 0.217. The maximum atomic E-state index is 13.8. The van der Waals surface area contributed by atoms with E-state index < -0.39 is 17.2 Å². The van der Waals surface area contributed by atoms with E-state index in [9.17, 15) is 18.4 Å². The molecule has 0 aliphatic heterocycles. The number of nitrogens with one attached hydrogen (secondary N) is 1. The summed E-state index contributed by atoms with van der Waals surface area (Å²) >= 11 is 1.21. The van der Waals surface area contributed by atoms with E-state index in [4.69, 9.17) is 0 Å². The summed E-state index contributed by atoms with van der Waals surface area (Å²) in [6.45, 7) is 1.99. The number of benzene rings is 2. The molecule has 1 aromatic heterocycles. The highest BCUT2D eigenvalue weighted by atomic mass is 32.2. The van der Waals surface area contributed by atoms with Crippen LogP contribution in [0.5, 0.6) is 0 Å². The average Bonchev–Trinajstić information content (AvgIpc) is 2.64. The van der Waals surface area contributed by atoms with Gasteiger partial charge in [0.2, 0.25) is 0 Å². The van der Waals surface area contributed by atoms with Crippen LogP contribution in [0.25, 0.3) is 10.9 Å². The van der Waals surface area contributed by atoms with E-state index in [1.54, 1.807) is 0 Å². The molecule has 0 aliphatic carbocycles. The Bertz CT molecular complexity index is 1030. The number of aromatic nitrogens is 2. The average molecular weight is 388 g/mol. The van der Waals surface area contributed by atoms with Crippen LogP contribution < -0.4 is 5.56 Å². The molecule has 1 heterocycles. The molecule has 4 nitrogen and oxygen atoms in total. The first kappa shape index (κ1) is 19.2. The van der Waals surface area contributed by atoms with Gasteiger partial charge in [-0.3, -0.25) is 9.59 Å². The number of carbonyl (C=O) groups is 1. The highest BCUT2D eigenvalue weighted by molar-refractivity contribution is 7.99. The van der Waals surface area contributed by atoms with Crippen molar-refractivity contribution in [1.29, 1.82) is 0 Å². The number of hydrogen-bond acceptors (Lipinski definition) is 4. The molecular formula is C20H18F2N2O2S. The first-order valence-corrected chi connectivity index (χ1v) is 9.50. The normalized spacial score (nSPS) is 11.1. The minimum Gasteiger partial charge on any atom is -0.301 e. The second-order valence-electron chi connectivity index (χ2n) is 6.28. The third kappa shape index (κ3) is 4.80. The van der Waals surface area contributed by atoms with Gasteiger partial charge in [0, 0.05) is 18.6 Å². The largest absolute Gasteiger partial charge is 0.301 e. The van der Waals surface area contributed by atoms with Crippen molar-refractivity contribution in [3.05, 3.63) is 69.5 Å². The van der Waals surface area contributed by atoms with Gasteiger partial charge in [0.05, 0.1) is 5.39 Å². The Hall–Kier alpha value is -2.54. The molecule has 0 fully saturated rings. The van der Waals surface area contributed by atoms with E-state index in [-0.39, 0.29) is 21.8 Å². The summed E-state index contributed by atoms with van der Waals surface area (Å²) < 4.78 is 27.2. The summed E-state index contributed by atoms with van der Waals surface area (Å²) in [4.78, 5) is 30.6. The number of aryl methyl sites for hydroxylation is 1. The quantitative estimate of drug-likeness (QED) is 0.374. The molecule has 0 aliphatic rings. The van der Waals surface area contributed by atoms with Crippen LogP contribution in [-0.4, -0.2) is 21.5 Å². The number of nitrogens with zero attached hydrogens (tertiary/aromatic N) is 1. The van der Waals surface area contributed by atoms with E-state index in [1.165, 1.54) is 17.8 Å². The van der Waals surface area contributed by atoms with Crippen LogP contribution in [0.15, 0.2) is 46.3 Å². The van der Waals surface area contributed by atoms with Gasteiger partial charge in [0.15, 0.2) is 16.8 Å². The molecule has 0 atom stereocenters. The van der Waals surface area contributed by atoms with Gasteiger partial charge >= 0.3 is 0 Å². The van der Waals surface area contributed by atoms with Crippen molar-refractivity contribution in [3.63, 3.8) is 0 Å². The van der Waals surface area contributed by atoms with Crippen LogP contribution in [0, 0.1) is 18.6 Å². The second-order valence-corrected chi connectivity index (χ2v) is 7.37. The van der Waals surface area contributed by atoms with Gasteiger partial charge in [-0.1, -0.05) is 41.6 Å². The number of fused-ring (bicyclic) bond motifs is 1. The molecule has 0 bridgehead atoms. The van der Waals surface area contributed by atoms with Gasteiger partial charge in [-0.2, -0.15) is 0 Å². The summed E-state index contributed by atoms with van der Waals surface area (Å²) in [6.07, 6.45) is 1.39. The fraction of sp³-hybridized carbons (Fsp3) is 0.250. The summed E-state index contributed by atoms with van der Waals surface area (Å²) in [7, 11) is 0. The van der Waals surface area contributed by atoms with Crippen molar-refractivity contribution in [1.82, 2.24) is 9.97 Å². The number of Topliss-reactive ketones (excluding diaryl/α,β-unsaturated/α-hetero) is 1. The zero-order valence-corrected chi connectivity index (χ0v) is 15.5. The fourth-order valence-corrected chi connectivity index (χ4v) is 3.46. The first-order valence-electron chi connectivity index (χ1n) is 8.52. The minimum atomic E-state index is -1.13. The third-order valence-electron chi connectivity index (χ3n) is 4.11. The highest BCUT2D eigenvalue weighted by Gasteiger charge is 2.13. The molecule has 0 spiro atoms. The number of aromatic amines is 1. The number of ketones is 1. The zero-order valence-electron chi connectivity index (χ0n) is 14.7. The van der Waals surface area contributed by atoms with E-state index in [1.807, 2.05) is 31.2 Å². The summed E-state index contributed by atoms with van der Waals surface area (Å²) in [5.74, 6) is -1.51. The molecule has 0 amide bonds. The highest BCUT2D eigenvalue weighted by Crippen LogP contribution is 2.20. The summed E-state index contributed by atoms with van der Waals surface area (Å²) in [6, 6.07) is 9.95. The molecular weight excluding hydrogens is 370 g/mol. The number of hydrogen-bond donors (Lipinski definition) is 1. The lowest BCUT2D eigenvalue weighted by molar-refractivity contribution is -0.118. The molecule has 140 valence electrons. The Morgan fingerprint density at radius 3 is 2.63 bits per heavy atom. The van der Waals surface area contributed by atoms with Crippen LogP contribution in [-0.2, 0) is 11.2 Å². The monoisotopic (exact) mass is 388 g/mol. The van der Waals surface area contributed by atoms with Crippen LogP contribution in [0.2, 0.25) is 0 Å². The predicted molar refractivity (Wildman–Crippen MR) is 102 cm³/mol. The number of rotatable bonds is 7.